The Morgan fingerprint density at radius 2 is 1.83 bits per heavy atom. The summed E-state index contributed by atoms with van der Waals surface area (Å²) in [6.45, 7) is 4.97. The van der Waals surface area contributed by atoms with Crippen molar-refractivity contribution in [3.63, 3.8) is 0 Å². The lowest BCUT2D eigenvalue weighted by atomic mass is 10.0. The number of rotatable bonds is 9. The number of methoxy groups -OCH3 is 1. The number of hydrogen-bond acceptors (Lipinski definition) is 6. The zero-order valence-electron chi connectivity index (χ0n) is 22.7. The van der Waals surface area contributed by atoms with E-state index >= 15 is 0 Å². The highest BCUT2D eigenvalue weighted by Crippen LogP contribution is 2.38. The lowest BCUT2D eigenvalue weighted by Gasteiger charge is -2.23. The fourth-order valence-corrected chi connectivity index (χ4v) is 5.11. The highest BCUT2D eigenvalue weighted by Gasteiger charge is 2.46. The van der Waals surface area contributed by atoms with Crippen molar-refractivity contribution in [3.8, 4) is 22.8 Å². The number of nitrogens with zero attached hydrogens (tertiary/aromatic N) is 3. The summed E-state index contributed by atoms with van der Waals surface area (Å²) in [4.78, 5) is 16.8. The first-order chi connectivity index (χ1) is 19.3. The van der Waals surface area contributed by atoms with E-state index in [2.05, 4.69) is 14.8 Å². The van der Waals surface area contributed by atoms with Gasteiger partial charge in [0.2, 0.25) is 0 Å². The van der Waals surface area contributed by atoms with Crippen LogP contribution in [-0.2, 0) is 21.7 Å². The van der Waals surface area contributed by atoms with E-state index in [1.807, 2.05) is 6.07 Å². The van der Waals surface area contributed by atoms with Crippen LogP contribution in [0.25, 0.3) is 22.2 Å². The third-order valence-corrected chi connectivity index (χ3v) is 8.17. The number of alkyl halides is 3. The molecule has 0 aliphatic heterocycles. The van der Waals surface area contributed by atoms with E-state index in [4.69, 9.17) is 21.1 Å². The number of nitrogens with one attached hydrogen (secondary N) is 1. The molecule has 2 atom stereocenters. The Kier molecular flexibility index (Phi) is 9.05. The SMILES string of the molecule is COc1ccc2c(OCCn3nc(-c4ccc([C@H](N[SH+](=O)C(C)(C)C)C(F)(F)F)c(Cl)c4)ccc3=O)ccnc2c1. The average Bonchev–Trinajstić information content (AvgIpc) is 2.91. The fraction of sp³-hybridized carbons (Fsp3) is 0.321. The zero-order chi connectivity index (χ0) is 29.9. The van der Waals surface area contributed by atoms with Crippen LogP contribution in [0.1, 0.15) is 32.4 Å². The molecule has 2 aromatic heterocycles. The molecule has 1 N–H and O–H groups in total. The predicted octanol–water partition coefficient (Wildman–Crippen LogP) is 5.80. The molecule has 2 heterocycles. The molecule has 4 aromatic rings. The lowest BCUT2D eigenvalue weighted by Crippen LogP contribution is -2.41. The average molecular weight is 610 g/mol. The molecular weight excluding hydrogens is 581 g/mol. The first kappa shape index (κ1) is 30.5. The molecule has 0 bridgehead atoms. The molecule has 1 unspecified atom stereocenters. The lowest BCUT2D eigenvalue weighted by molar-refractivity contribution is -0.152. The van der Waals surface area contributed by atoms with E-state index in [9.17, 15) is 22.2 Å². The summed E-state index contributed by atoms with van der Waals surface area (Å²) in [5.74, 6) is 1.23. The molecule has 0 radical (unpaired) electrons. The number of aromatic nitrogens is 3. The van der Waals surface area contributed by atoms with E-state index in [0.29, 0.717) is 28.3 Å². The highest BCUT2D eigenvalue weighted by molar-refractivity contribution is 7.84. The Morgan fingerprint density at radius 3 is 2.49 bits per heavy atom. The van der Waals surface area contributed by atoms with Crippen molar-refractivity contribution in [2.24, 2.45) is 0 Å². The molecule has 0 aliphatic rings. The number of benzene rings is 2. The van der Waals surface area contributed by atoms with Gasteiger partial charge in [0.25, 0.3) is 5.56 Å². The van der Waals surface area contributed by atoms with Crippen molar-refractivity contribution in [1.82, 2.24) is 19.5 Å². The van der Waals surface area contributed by atoms with Gasteiger partial charge in [0.05, 0.1) is 24.9 Å². The molecule has 41 heavy (non-hydrogen) atoms. The van der Waals surface area contributed by atoms with Gasteiger partial charge in [0.1, 0.15) is 33.8 Å². The Labute approximate surface area is 242 Å². The van der Waals surface area contributed by atoms with Crippen LogP contribution < -0.4 is 19.8 Å². The van der Waals surface area contributed by atoms with Gasteiger partial charge in [-0.3, -0.25) is 9.78 Å². The molecular formula is C28H29ClF3N4O4S+. The summed E-state index contributed by atoms with van der Waals surface area (Å²) in [6.07, 6.45) is -3.13. The second kappa shape index (κ2) is 12.2. The van der Waals surface area contributed by atoms with Crippen molar-refractivity contribution in [2.75, 3.05) is 13.7 Å². The Bertz CT molecular complexity index is 1640. The standard InChI is InChI=1S/C28H28ClF3N4O4S/c1-27(2,3)41(38)35-26(28(30,31)32)19-7-5-17(15-21(19)29)22-9-10-25(37)36(34-22)13-14-40-24-11-12-33-23-16-18(39-4)6-8-20(23)24/h5-12,15-16,26H,13-14H2,1-4H3,(H,35,38)/p+1/t26-,41?/m0/s1. The van der Waals surface area contributed by atoms with Gasteiger partial charge in [0.15, 0.2) is 6.04 Å². The number of fused-ring (bicyclic) bond motifs is 1. The molecule has 0 saturated carbocycles. The highest BCUT2D eigenvalue weighted by atomic mass is 35.5. The maximum Gasteiger partial charge on any atom is 0.412 e. The summed E-state index contributed by atoms with van der Waals surface area (Å²) in [5, 5.41) is 4.95. The quantitative estimate of drug-likeness (QED) is 0.190. The summed E-state index contributed by atoms with van der Waals surface area (Å²) in [5.41, 5.74) is 0.782. The first-order valence-electron chi connectivity index (χ1n) is 12.5. The van der Waals surface area contributed by atoms with Crippen LogP contribution >= 0.6 is 11.6 Å². The van der Waals surface area contributed by atoms with Crippen LogP contribution in [0.5, 0.6) is 11.5 Å². The molecule has 13 heteroatoms. The van der Waals surface area contributed by atoms with Gasteiger partial charge in [-0.2, -0.15) is 18.3 Å². The second-order valence-corrected chi connectivity index (χ2v) is 12.7. The van der Waals surface area contributed by atoms with E-state index in [1.54, 1.807) is 52.3 Å². The van der Waals surface area contributed by atoms with Crippen LogP contribution in [0.2, 0.25) is 5.02 Å². The largest absolute Gasteiger partial charge is 0.497 e. The van der Waals surface area contributed by atoms with Crippen molar-refractivity contribution in [1.29, 1.82) is 0 Å². The van der Waals surface area contributed by atoms with Crippen molar-refractivity contribution < 1.29 is 26.9 Å². The van der Waals surface area contributed by atoms with Crippen molar-refractivity contribution in [3.05, 3.63) is 81.7 Å². The Hall–Kier alpha value is -3.48. The number of thiol groups is 1. The van der Waals surface area contributed by atoms with Crippen LogP contribution in [-0.4, -0.2) is 39.4 Å². The molecule has 2 aromatic carbocycles. The van der Waals surface area contributed by atoms with Gasteiger partial charge < -0.3 is 9.47 Å². The van der Waals surface area contributed by atoms with Gasteiger partial charge >= 0.3 is 6.18 Å². The number of pyridine rings is 1. The number of ether oxygens (including phenoxy) is 2. The van der Waals surface area contributed by atoms with Gasteiger partial charge in [-0.05, 0) is 51.1 Å². The summed E-state index contributed by atoms with van der Waals surface area (Å²) in [6, 6.07) is 11.7. The first-order valence-corrected chi connectivity index (χ1v) is 14.2. The molecule has 4 rings (SSSR count). The fourth-order valence-electron chi connectivity index (χ4n) is 3.91. The van der Waals surface area contributed by atoms with Gasteiger partial charge in [0, 0.05) is 39.9 Å². The number of halogens is 4. The van der Waals surface area contributed by atoms with Crippen LogP contribution in [0.4, 0.5) is 13.2 Å². The number of hydrogen-bond donors (Lipinski definition) is 1. The van der Waals surface area contributed by atoms with Gasteiger partial charge in [-0.25, -0.2) is 4.68 Å². The van der Waals surface area contributed by atoms with E-state index in [1.165, 1.54) is 35.0 Å². The third-order valence-electron chi connectivity index (χ3n) is 6.13. The molecule has 0 amide bonds. The molecule has 218 valence electrons. The topological polar surface area (TPSA) is 95.3 Å². The van der Waals surface area contributed by atoms with Crippen molar-refractivity contribution >= 4 is 33.5 Å². The minimum Gasteiger partial charge on any atom is -0.497 e. The maximum atomic E-state index is 13.9. The monoisotopic (exact) mass is 609 g/mol. The summed E-state index contributed by atoms with van der Waals surface area (Å²) < 4.78 is 67.8. The van der Waals surface area contributed by atoms with Crippen LogP contribution in [0, 0.1) is 0 Å². The summed E-state index contributed by atoms with van der Waals surface area (Å²) >= 11 is 6.30. The Balaban J connectivity index is 1.53. The maximum absolute atomic E-state index is 13.9. The molecule has 0 spiro atoms. The molecule has 0 saturated heterocycles. The van der Waals surface area contributed by atoms with Crippen LogP contribution in [0.3, 0.4) is 0 Å². The predicted molar refractivity (Wildman–Crippen MR) is 154 cm³/mol. The molecule has 0 fully saturated rings. The van der Waals surface area contributed by atoms with Gasteiger partial charge in [-0.1, -0.05) is 27.9 Å². The van der Waals surface area contributed by atoms with E-state index in [0.717, 1.165) is 5.39 Å². The zero-order valence-corrected chi connectivity index (χ0v) is 24.3. The van der Waals surface area contributed by atoms with Gasteiger partial charge in [-0.15, -0.1) is 4.72 Å². The van der Waals surface area contributed by atoms with Crippen LogP contribution in [0.15, 0.2) is 65.6 Å². The van der Waals surface area contributed by atoms with Crippen molar-refractivity contribution in [2.45, 2.75) is 44.3 Å². The van der Waals surface area contributed by atoms with E-state index in [-0.39, 0.29) is 29.3 Å². The Morgan fingerprint density at radius 1 is 1.07 bits per heavy atom. The third kappa shape index (κ3) is 7.24. The second-order valence-electron chi connectivity index (χ2n) is 10.1. The minimum absolute atomic E-state index is 0.110. The smallest absolute Gasteiger partial charge is 0.412 e. The normalized spacial score (nSPS) is 13.7. The molecule has 0 aliphatic carbocycles. The summed E-state index contributed by atoms with van der Waals surface area (Å²) in [7, 11) is -0.840. The molecule has 8 nitrogen and oxygen atoms in total. The van der Waals surface area contributed by atoms with E-state index < -0.39 is 28.0 Å². The minimum atomic E-state index is -4.74.